The lowest BCUT2D eigenvalue weighted by Gasteiger charge is -2.19. The third kappa shape index (κ3) is 5.05. The first-order valence-corrected chi connectivity index (χ1v) is 16.0. The second-order valence-corrected chi connectivity index (χ2v) is 13.3. The number of carbonyl (C=O) groups is 4. The summed E-state index contributed by atoms with van der Waals surface area (Å²) in [4.78, 5) is 69.7. The minimum Gasteiger partial charge on any atom is -0.454 e. The van der Waals surface area contributed by atoms with E-state index in [-0.39, 0.29) is 52.3 Å². The van der Waals surface area contributed by atoms with Gasteiger partial charge >= 0.3 is 5.97 Å². The van der Waals surface area contributed by atoms with Crippen LogP contribution in [-0.2, 0) is 14.3 Å². The van der Waals surface area contributed by atoms with E-state index in [1.165, 1.54) is 28.7 Å². The van der Waals surface area contributed by atoms with Crippen LogP contribution in [0.3, 0.4) is 0 Å². The van der Waals surface area contributed by atoms with Gasteiger partial charge in [0.15, 0.2) is 6.61 Å². The molecule has 2 bridgehead atoms. The van der Waals surface area contributed by atoms with Crippen LogP contribution in [0.15, 0.2) is 76.8 Å². The first-order valence-electron chi connectivity index (χ1n) is 14.8. The highest BCUT2D eigenvalue weighted by Crippen LogP contribution is 2.56. The molecule has 4 aromatic rings. The number of aromatic nitrogens is 1. The number of amides is 2. The van der Waals surface area contributed by atoms with Gasteiger partial charge < -0.3 is 4.74 Å². The van der Waals surface area contributed by atoms with Crippen molar-refractivity contribution in [1.29, 1.82) is 0 Å². The molecular formula is C35H25BrClN3O7. The zero-order chi connectivity index (χ0) is 33.3. The molecule has 236 valence electrons. The van der Waals surface area contributed by atoms with Crippen LogP contribution in [-0.4, -0.2) is 40.1 Å². The number of fused-ring (bicyclic) bond motifs is 6. The SMILES string of the molecule is CC1=CC2CC1C1C(=O)N(c3ccc(-c4cc(C(=O)OCC(=O)c5cccc([N+](=O)[O-])c5)c5cc(Br)c(Cl)c(C)c5n4)cc3)C(=O)C21. The molecule has 10 nitrogen and oxygen atoms in total. The lowest BCUT2D eigenvalue weighted by molar-refractivity contribution is -0.384. The summed E-state index contributed by atoms with van der Waals surface area (Å²) in [6.07, 6.45) is 2.99. The van der Waals surface area contributed by atoms with Gasteiger partial charge in [-0.15, -0.1) is 0 Å². The van der Waals surface area contributed by atoms with Crippen molar-refractivity contribution < 1.29 is 28.8 Å². The van der Waals surface area contributed by atoms with E-state index < -0.39 is 23.3 Å². The maximum absolute atomic E-state index is 13.5. The third-order valence-electron chi connectivity index (χ3n) is 9.46. The molecule has 2 aliphatic carbocycles. The van der Waals surface area contributed by atoms with Gasteiger partial charge in [0.2, 0.25) is 17.6 Å². The number of Topliss-reactive ketones (excluding diaryl/α,β-unsaturated/α-hetero) is 1. The molecule has 3 aromatic carbocycles. The highest BCUT2D eigenvalue weighted by atomic mass is 79.9. The molecule has 1 saturated heterocycles. The molecule has 1 aliphatic heterocycles. The molecule has 3 aliphatic rings. The van der Waals surface area contributed by atoms with Gasteiger partial charge in [-0.05, 0) is 77.9 Å². The quantitative estimate of drug-likeness (QED) is 0.0487. The van der Waals surface area contributed by atoms with Crippen molar-refractivity contribution in [3.05, 3.63) is 109 Å². The summed E-state index contributed by atoms with van der Waals surface area (Å²) in [5, 5.41) is 12.0. The van der Waals surface area contributed by atoms with Crippen LogP contribution in [0.25, 0.3) is 22.2 Å². The Morgan fingerprint density at radius 3 is 2.51 bits per heavy atom. The van der Waals surface area contributed by atoms with Crippen LogP contribution in [0.2, 0.25) is 5.02 Å². The molecule has 0 N–H and O–H groups in total. The van der Waals surface area contributed by atoms with Crippen molar-refractivity contribution in [2.75, 3.05) is 11.5 Å². The number of pyridine rings is 1. The number of ketones is 1. The van der Waals surface area contributed by atoms with Crippen molar-refractivity contribution >= 4 is 73.4 Å². The lowest BCUT2D eigenvalue weighted by Crippen LogP contribution is -2.32. The van der Waals surface area contributed by atoms with E-state index in [2.05, 4.69) is 22.0 Å². The molecule has 1 aromatic heterocycles. The Labute approximate surface area is 281 Å². The van der Waals surface area contributed by atoms with E-state index in [0.29, 0.717) is 42.9 Å². The predicted octanol–water partition coefficient (Wildman–Crippen LogP) is 7.28. The average molecular weight is 715 g/mol. The standard InChI is InChI=1S/C35H25BrClN3O7/c1-16-10-20-12-23(16)30-29(20)33(42)39(34(30)43)21-8-6-18(7-9-21)27-14-25(24-13-26(36)31(37)17(2)32(24)38-27)35(44)47-15-28(41)19-4-3-5-22(11-19)40(45)46/h3-11,13-14,20,23,29-30H,12,15H2,1-2H3. The Morgan fingerprint density at radius 2 is 1.79 bits per heavy atom. The predicted molar refractivity (Wildman–Crippen MR) is 177 cm³/mol. The molecule has 0 radical (unpaired) electrons. The monoisotopic (exact) mass is 713 g/mol. The number of nitro benzene ring substituents is 1. The van der Waals surface area contributed by atoms with Gasteiger partial charge in [0, 0.05) is 33.1 Å². The fourth-order valence-corrected chi connectivity index (χ4v) is 7.84. The summed E-state index contributed by atoms with van der Waals surface area (Å²) < 4.78 is 5.95. The number of esters is 1. The van der Waals surface area contributed by atoms with Gasteiger partial charge in [-0.1, -0.05) is 47.5 Å². The Bertz CT molecular complexity index is 2110. The smallest absolute Gasteiger partial charge is 0.339 e. The van der Waals surface area contributed by atoms with Crippen molar-refractivity contribution in [3.63, 3.8) is 0 Å². The summed E-state index contributed by atoms with van der Waals surface area (Å²) >= 11 is 9.94. The number of non-ortho nitro benzene ring substituents is 1. The minimum absolute atomic E-state index is 0.0374. The number of halogens is 2. The van der Waals surface area contributed by atoms with E-state index in [4.69, 9.17) is 21.3 Å². The number of anilines is 1. The number of allylic oxidation sites excluding steroid dienone is 2. The number of hydrogen-bond acceptors (Lipinski definition) is 8. The normalized spacial score (nSPS) is 21.3. The molecule has 12 heteroatoms. The van der Waals surface area contributed by atoms with Gasteiger partial charge in [-0.25, -0.2) is 9.78 Å². The van der Waals surface area contributed by atoms with E-state index in [0.717, 1.165) is 12.5 Å². The first-order chi connectivity index (χ1) is 22.4. The van der Waals surface area contributed by atoms with Crippen molar-refractivity contribution in [1.82, 2.24) is 4.98 Å². The first kappa shape index (κ1) is 30.9. The molecule has 2 fully saturated rings. The number of hydrogen-bond donors (Lipinski definition) is 0. The Kier molecular flexibility index (Phi) is 7.56. The second-order valence-electron chi connectivity index (χ2n) is 12.1. The fourth-order valence-electron chi connectivity index (χ4n) is 7.17. The van der Waals surface area contributed by atoms with Crippen molar-refractivity contribution in [3.8, 4) is 11.3 Å². The fraction of sp³-hybridized carbons (Fsp3) is 0.229. The highest BCUT2D eigenvalue weighted by Gasteiger charge is 2.60. The molecule has 2 amide bonds. The Morgan fingerprint density at radius 1 is 1.06 bits per heavy atom. The molecule has 47 heavy (non-hydrogen) atoms. The molecule has 4 atom stereocenters. The number of rotatable bonds is 7. The number of carbonyl (C=O) groups excluding carboxylic acids is 4. The number of ether oxygens (including phenoxy) is 1. The summed E-state index contributed by atoms with van der Waals surface area (Å²) in [7, 11) is 0. The van der Waals surface area contributed by atoms with Crippen LogP contribution in [0, 0.1) is 40.7 Å². The zero-order valence-corrected chi connectivity index (χ0v) is 27.4. The van der Waals surface area contributed by atoms with Gasteiger partial charge in [0.05, 0.1) is 44.2 Å². The summed E-state index contributed by atoms with van der Waals surface area (Å²) in [5.41, 5.74) is 3.61. The molecule has 7 rings (SSSR count). The van der Waals surface area contributed by atoms with Crippen LogP contribution < -0.4 is 4.90 Å². The van der Waals surface area contributed by atoms with Crippen molar-refractivity contribution in [2.24, 2.45) is 23.7 Å². The topological polar surface area (TPSA) is 137 Å². The number of benzene rings is 3. The molecule has 2 heterocycles. The van der Waals surface area contributed by atoms with E-state index in [9.17, 15) is 29.3 Å². The third-order valence-corrected chi connectivity index (χ3v) is 10.8. The largest absolute Gasteiger partial charge is 0.454 e. The van der Waals surface area contributed by atoms with E-state index in [1.807, 2.05) is 6.92 Å². The van der Waals surface area contributed by atoms with Gasteiger partial charge in [0.25, 0.3) is 5.69 Å². The Hall–Kier alpha value is -4.74. The van der Waals surface area contributed by atoms with Crippen molar-refractivity contribution in [2.45, 2.75) is 20.3 Å². The maximum atomic E-state index is 13.5. The van der Waals surface area contributed by atoms with Gasteiger partial charge in [0.1, 0.15) is 0 Å². The summed E-state index contributed by atoms with van der Waals surface area (Å²) in [5.74, 6) is -2.17. The molecular weight excluding hydrogens is 690 g/mol. The number of imide groups is 1. The maximum Gasteiger partial charge on any atom is 0.339 e. The zero-order valence-electron chi connectivity index (χ0n) is 25.0. The van der Waals surface area contributed by atoms with Gasteiger partial charge in [-0.2, -0.15) is 0 Å². The Balaban J connectivity index is 1.19. The van der Waals surface area contributed by atoms with E-state index in [1.54, 1.807) is 43.3 Å². The summed E-state index contributed by atoms with van der Waals surface area (Å²) in [6, 6.07) is 15.2. The van der Waals surface area contributed by atoms with E-state index >= 15 is 0 Å². The average Bonchev–Trinajstić information content (AvgIpc) is 3.71. The number of aryl methyl sites for hydroxylation is 1. The van der Waals surface area contributed by atoms with Gasteiger partial charge in [-0.3, -0.25) is 29.4 Å². The summed E-state index contributed by atoms with van der Waals surface area (Å²) in [6.45, 7) is 3.15. The molecule has 1 saturated carbocycles. The molecule has 4 unspecified atom stereocenters. The number of nitrogens with zero attached hydrogens (tertiary/aromatic N) is 3. The van der Waals surface area contributed by atoms with Crippen LogP contribution in [0.4, 0.5) is 11.4 Å². The van der Waals surface area contributed by atoms with Crippen LogP contribution in [0.1, 0.15) is 39.6 Å². The highest BCUT2D eigenvalue weighted by molar-refractivity contribution is 9.10. The second kappa shape index (κ2) is 11.5. The minimum atomic E-state index is -0.805. The molecule has 0 spiro atoms. The van der Waals surface area contributed by atoms with Crippen LogP contribution in [0.5, 0.6) is 0 Å². The van der Waals surface area contributed by atoms with Crippen LogP contribution >= 0.6 is 27.5 Å². The number of nitro groups is 1. The lowest BCUT2D eigenvalue weighted by atomic mass is 9.82.